The van der Waals surface area contributed by atoms with E-state index in [1.165, 1.54) is 5.56 Å². The van der Waals surface area contributed by atoms with Crippen LogP contribution in [0.25, 0.3) is 0 Å². The van der Waals surface area contributed by atoms with Crippen molar-refractivity contribution in [3.8, 4) is 5.75 Å². The Morgan fingerprint density at radius 2 is 1.89 bits per heavy atom. The summed E-state index contributed by atoms with van der Waals surface area (Å²) in [6.07, 6.45) is 0.938. The van der Waals surface area contributed by atoms with Gasteiger partial charge in [-0.15, -0.1) is 0 Å². The minimum absolute atomic E-state index is 0.153. The number of ether oxygens (including phenoxy) is 1. The highest BCUT2D eigenvalue weighted by Crippen LogP contribution is 2.50. The molecule has 35 heavy (non-hydrogen) atoms. The number of aryl methyl sites for hydroxylation is 3. The van der Waals surface area contributed by atoms with Gasteiger partial charge in [-0.1, -0.05) is 48.4 Å². The lowest BCUT2D eigenvalue weighted by Gasteiger charge is -2.56. The summed E-state index contributed by atoms with van der Waals surface area (Å²) in [5.41, 5.74) is 4.76. The van der Waals surface area contributed by atoms with Crippen LogP contribution in [0.4, 0.5) is 11.4 Å². The van der Waals surface area contributed by atoms with Crippen molar-refractivity contribution in [1.29, 1.82) is 0 Å². The van der Waals surface area contributed by atoms with Gasteiger partial charge in [0.25, 0.3) is 0 Å². The van der Waals surface area contributed by atoms with Crippen LogP contribution in [0.1, 0.15) is 42.1 Å². The number of rotatable bonds is 4. The van der Waals surface area contributed by atoms with Crippen molar-refractivity contribution >= 4 is 46.2 Å². The van der Waals surface area contributed by atoms with Crippen LogP contribution in [0.2, 0.25) is 5.02 Å². The van der Waals surface area contributed by atoms with Gasteiger partial charge in [-0.05, 0) is 86.9 Å². The van der Waals surface area contributed by atoms with Gasteiger partial charge in [0, 0.05) is 22.0 Å². The summed E-state index contributed by atoms with van der Waals surface area (Å²) in [5.74, 6) is -0.0883. The minimum Gasteiger partial charge on any atom is -0.467 e. The number of hydrogen-bond acceptors (Lipinski definition) is 3. The van der Waals surface area contributed by atoms with Crippen LogP contribution in [-0.4, -0.2) is 16.7 Å². The Kier molecular flexibility index (Phi) is 5.98. The van der Waals surface area contributed by atoms with Crippen molar-refractivity contribution in [2.75, 3.05) is 10.2 Å². The minimum atomic E-state index is -1.07. The summed E-state index contributed by atoms with van der Waals surface area (Å²) >= 11 is 12.2. The van der Waals surface area contributed by atoms with Gasteiger partial charge >= 0.3 is 0 Å². The van der Waals surface area contributed by atoms with Crippen molar-refractivity contribution < 1.29 is 9.53 Å². The molecule has 0 aliphatic carbocycles. The summed E-state index contributed by atoms with van der Waals surface area (Å²) in [6, 6.07) is 19.3. The zero-order valence-corrected chi connectivity index (χ0v) is 21.8. The van der Waals surface area contributed by atoms with Gasteiger partial charge in [0.15, 0.2) is 10.8 Å². The molecule has 2 bridgehead atoms. The molecule has 0 saturated carbocycles. The lowest BCUT2D eigenvalue weighted by molar-refractivity contribution is -0.130. The maximum Gasteiger partial charge on any atom is 0.236 e. The van der Waals surface area contributed by atoms with Crippen LogP contribution in [0.15, 0.2) is 60.7 Å². The molecule has 3 aromatic rings. The fraction of sp³-hybridized carbons (Fsp3) is 0.286. The standard InChI is InChI=1S/C28H28ClN3O2S/c1-5-18-7-10-20(11-8-18)32-27(35)31-25-21-15-19(29)9-13-23(21)34-28(32,4)24(25)26(33)30-22-12-6-16(2)14-17(22)3/h6-15,24-25H,5H2,1-4H3,(H,30,33)(H,31,35). The Morgan fingerprint density at radius 1 is 1.14 bits per heavy atom. The monoisotopic (exact) mass is 505 g/mol. The number of amides is 1. The Labute approximate surface area is 216 Å². The molecule has 2 N–H and O–H groups in total. The van der Waals surface area contributed by atoms with Gasteiger partial charge in [0.1, 0.15) is 11.7 Å². The number of anilines is 2. The molecule has 1 fully saturated rings. The number of nitrogens with one attached hydrogen (secondary N) is 2. The van der Waals surface area contributed by atoms with E-state index in [0.29, 0.717) is 15.9 Å². The fourth-order valence-corrected chi connectivity index (χ4v) is 5.78. The van der Waals surface area contributed by atoms with Crippen LogP contribution in [0.5, 0.6) is 5.75 Å². The smallest absolute Gasteiger partial charge is 0.236 e. The quantitative estimate of drug-likeness (QED) is 0.406. The van der Waals surface area contributed by atoms with Crippen molar-refractivity contribution in [3.63, 3.8) is 0 Å². The summed E-state index contributed by atoms with van der Waals surface area (Å²) in [4.78, 5) is 15.9. The number of carbonyl (C=O) groups excluding carboxylic acids is 1. The summed E-state index contributed by atoms with van der Waals surface area (Å²) in [6.45, 7) is 8.08. The maximum atomic E-state index is 14.0. The van der Waals surface area contributed by atoms with Gasteiger partial charge in [-0.25, -0.2) is 0 Å². The number of fused-ring (bicyclic) bond motifs is 4. The van der Waals surface area contributed by atoms with Crippen LogP contribution >= 0.6 is 23.8 Å². The third kappa shape index (κ3) is 4.05. The van der Waals surface area contributed by atoms with Crippen molar-refractivity contribution in [2.24, 2.45) is 5.92 Å². The van der Waals surface area contributed by atoms with Gasteiger partial charge in [-0.3, -0.25) is 9.69 Å². The molecule has 3 atom stereocenters. The zero-order valence-electron chi connectivity index (χ0n) is 20.2. The van der Waals surface area contributed by atoms with E-state index in [0.717, 1.165) is 34.5 Å². The zero-order chi connectivity index (χ0) is 24.9. The average Bonchev–Trinajstić information content (AvgIpc) is 2.81. The second kappa shape index (κ2) is 8.85. The second-order valence-electron chi connectivity index (χ2n) is 9.41. The molecular formula is C28H28ClN3O2S. The maximum absolute atomic E-state index is 14.0. The lowest BCUT2D eigenvalue weighted by atomic mass is 9.78. The van der Waals surface area contributed by atoms with Crippen molar-refractivity contribution in [1.82, 2.24) is 5.32 Å². The Morgan fingerprint density at radius 3 is 2.57 bits per heavy atom. The highest BCUT2D eigenvalue weighted by molar-refractivity contribution is 7.80. The van der Waals surface area contributed by atoms with E-state index >= 15 is 0 Å². The predicted octanol–water partition coefficient (Wildman–Crippen LogP) is 6.32. The molecule has 3 aromatic carbocycles. The van der Waals surface area contributed by atoms with E-state index in [1.807, 2.05) is 62.1 Å². The number of thiocarbonyl (C=S) groups is 1. The first-order chi connectivity index (χ1) is 16.7. The third-order valence-corrected chi connectivity index (χ3v) is 7.52. The van der Waals surface area contributed by atoms with Gasteiger partial charge in [0.05, 0.1) is 6.04 Å². The first-order valence-corrected chi connectivity index (χ1v) is 12.6. The topological polar surface area (TPSA) is 53.6 Å². The van der Waals surface area contributed by atoms with E-state index in [2.05, 4.69) is 35.8 Å². The molecule has 5 rings (SSSR count). The highest BCUT2D eigenvalue weighted by Gasteiger charge is 2.59. The van der Waals surface area contributed by atoms with E-state index in [4.69, 9.17) is 28.6 Å². The molecule has 1 amide bonds. The molecule has 0 aromatic heterocycles. The van der Waals surface area contributed by atoms with Crippen LogP contribution in [-0.2, 0) is 11.2 Å². The highest BCUT2D eigenvalue weighted by atomic mass is 35.5. The number of hydrogen-bond donors (Lipinski definition) is 2. The molecule has 5 nitrogen and oxygen atoms in total. The van der Waals surface area contributed by atoms with Gasteiger partial charge in [-0.2, -0.15) is 0 Å². The molecule has 3 unspecified atom stereocenters. The normalized spacial score (nSPS) is 22.7. The lowest BCUT2D eigenvalue weighted by Crippen LogP contribution is -2.72. The van der Waals surface area contributed by atoms with Crippen molar-refractivity contribution in [3.05, 3.63) is 87.9 Å². The summed E-state index contributed by atoms with van der Waals surface area (Å²) < 4.78 is 6.64. The molecule has 2 aliphatic heterocycles. The SMILES string of the molecule is CCc1ccc(N2C(=S)NC3c4cc(Cl)ccc4OC2(C)C3C(=O)Nc2ccc(C)cc2C)cc1. The van der Waals surface area contributed by atoms with Crippen LogP contribution in [0.3, 0.4) is 0 Å². The Bertz CT molecular complexity index is 1330. The van der Waals surface area contributed by atoms with Crippen LogP contribution < -0.4 is 20.3 Å². The molecule has 1 saturated heterocycles. The average molecular weight is 506 g/mol. The van der Waals surface area contributed by atoms with Crippen molar-refractivity contribution in [2.45, 2.75) is 45.9 Å². The van der Waals surface area contributed by atoms with Gasteiger partial charge < -0.3 is 15.4 Å². The Balaban J connectivity index is 1.61. The number of benzene rings is 3. The first-order valence-electron chi connectivity index (χ1n) is 11.8. The number of nitrogens with zero attached hydrogens (tertiary/aromatic N) is 1. The second-order valence-corrected chi connectivity index (χ2v) is 10.2. The number of carbonyl (C=O) groups is 1. The number of halogens is 1. The summed E-state index contributed by atoms with van der Waals surface area (Å²) in [7, 11) is 0. The van der Waals surface area contributed by atoms with E-state index in [-0.39, 0.29) is 5.91 Å². The molecule has 0 radical (unpaired) electrons. The molecule has 2 aliphatic rings. The molecule has 7 heteroatoms. The molecule has 2 heterocycles. The first kappa shape index (κ1) is 23.6. The van der Waals surface area contributed by atoms with E-state index < -0.39 is 17.7 Å². The third-order valence-electron chi connectivity index (χ3n) is 6.98. The molecule has 0 spiro atoms. The van der Waals surface area contributed by atoms with Gasteiger partial charge in [0.2, 0.25) is 5.91 Å². The summed E-state index contributed by atoms with van der Waals surface area (Å²) in [5, 5.41) is 7.66. The van der Waals surface area contributed by atoms with E-state index in [9.17, 15) is 4.79 Å². The Hall–Kier alpha value is -3.09. The largest absolute Gasteiger partial charge is 0.467 e. The fourth-order valence-electron chi connectivity index (χ4n) is 5.19. The van der Waals surface area contributed by atoms with Crippen LogP contribution in [0, 0.1) is 19.8 Å². The predicted molar refractivity (Wildman–Crippen MR) is 145 cm³/mol. The van der Waals surface area contributed by atoms with E-state index in [1.54, 1.807) is 6.07 Å². The molecular weight excluding hydrogens is 478 g/mol. The molecule has 180 valence electrons.